The third kappa shape index (κ3) is 3.37. The molecule has 28 heavy (non-hydrogen) atoms. The molecule has 0 aliphatic heterocycles. The second-order valence-corrected chi connectivity index (χ2v) is 9.52. The quantitative estimate of drug-likeness (QED) is 0.326. The van der Waals surface area contributed by atoms with Gasteiger partial charge >= 0.3 is 0 Å². The van der Waals surface area contributed by atoms with Crippen LogP contribution >= 0.6 is 22.7 Å². The van der Waals surface area contributed by atoms with E-state index in [0.717, 1.165) is 19.3 Å². The van der Waals surface area contributed by atoms with Gasteiger partial charge in [0.15, 0.2) is 0 Å². The topological polar surface area (TPSA) is 9.23 Å². The Kier molecular flexibility index (Phi) is 4.94. The number of rotatable bonds is 2. The Balaban J connectivity index is 1.47. The van der Waals surface area contributed by atoms with Gasteiger partial charge < -0.3 is 4.74 Å². The van der Waals surface area contributed by atoms with Gasteiger partial charge in [0.2, 0.25) is 0 Å². The maximum absolute atomic E-state index is 5.68. The van der Waals surface area contributed by atoms with Crippen molar-refractivity contribution < 1.29 is 4.74 Å². The molecule has 140 valence electrons. The fourth-order valence-electron chi connectivity index (χ4n) is 4.38. The second-order valence-electron chi connectivity index (χ2n) is 7.48. The number of benzene rings is 2. The highest BCUT2D eigenvalue weighted by atomic mass is 32.1. The zero-order valence-corrected chi connectivity index (χ0v) is 17.5. The minimum absolute atomic E-state index is 0.347. The van der Waals surface area contributed by atoms with Gasteiger partial charge in [-0.05, 0) is 54.5 Å². The van der Waals surface area contributed by atoms with E-state index in [-0.39, 0.29) is 0 Å². The van der Waals surface area contributed by atoms with Crippen LogP contribution in [0.15, 0.2) is 60.0 Å². The Morgan fingerprint density at radius 2 is 1.82 bits per heavy atom. The van der Waals surface area contributed by atoms with Crippen LogP contribution in [0, 0.1) is 17.8 Å². The van der Waals surface area contributed by atoms with Gasteiger partial charge in [-0.3, -0.25) is 0 Å². The van der Waals surface area contributed by atoms with E-state index in [9.17, 15) is 0 Å². The summed E-state index contributed by atoms with van der Waals surface area (Å²) in [5.41, 5.74) is 1.39. The predicted octanol–water partition coefficient (Wildman–Crippen LogP) is 7.07. The minimum atomic E-state index is 0.347. The monoisotopic (exact) mass is 402 g/mol. The third-order valence-electron chi connectivity index (χ3n) is 5.88. The number of hydrogen-bond acceptors (Lipinski definition) is 3. The summed E-state index contributed by atoms with van der Waals surface area (Å²) >= 11 is 3.62. The van der Waals surface area contributed by atoms with Gasteiger partial charge in [0.1, 0.15) is 0 Å². The van der Waals surface area contributed by atoms with Crippen molar-refractivity contribution >= 4 is 42.8 Å². The zero-order chi connectivity index (χ0) is 18.9. The Bertz CT molecular complexity index is 1160. The van der Waals surface area contributed by atoms with Crippen LogP contribution in [0.3, 0.4) is 0 Å². The third-order valence-corrected chi connectivity index (χ3v) is 7.77. The highest BCUT2D eigenvalue weighted by Crippen LogP contribution is 2.39. The Morgan fingerprint density at radius 3 is 2.68 bits per heavy atom. The SMILES string of the molecule is COC1CCC(C#Cc2cc3c(ccc4sccc43)s2)[C@H](c2ccccc2)C1. The van der Waals surface area contributed by atoms with E-state index in [1.54, 1.807) is 11.3 Å². The molecule has 2 unspecified atom stereocenters. The van der Waals surface area contributed by atoms with Crippen LogP contribution in [0.5, 0.6) is 0 Å². The number of ether oxygens (including phenoxy) is 1. The first kappa shape index (κ1) is 17.9. The first-order valence-corrected chi connectivity index (χ1v) is 11.5. The fourth-order valence-corrected chi connectivity index (χ4v) is 6.12. The van der Waals surface area contributed by atoms with Gasteiger partial charge in [-0.1, -0.05) is 42.2 Å². The second kappa shape index (κ2) is 7.72. The van der Waals surface area contributed by atoms with E-state index < -0.39 is 0 Å². The van der Waals surface area contributed by atoms with E-state index in [2.05, 4.69) is 71.8 Å². The van der Waals surface area contributed by atoms with Crippen molar-refractivity contribution in [1.82, 2.24) is 0 Å². The molecule has 0 spiro atoms. The molecule has 5 rings (SSSR count). The maximum Gasteiger partial charge on any atom is 0.0781 e. The van der Waals surface area contributed by atoms with E-state index >= 15 is 0 Å². The molecule has 1 saturated carbocycles. The van der Waals surface area contributed by atoms with Gasteiger partial charge in [-0.15, -0.1) is 22.7 Å². The van der Waals surface area contributed by atoms with Crippen molar-refractivity contribution in [1.29, 1.82) is 0 Å². The molecule has 1 fully saturated rings. The molecule has 4 aromatic rings. The molecule has 0 N–H and O–H groups in total. The van der Waals surface area contributed by atoms with Crippen LogP contribution in [-0.2, 0) is 4.74 Å². The average molecular weight is 403 g/mol. The summed E-state index contributed by atoms with van der Waals surface area (Å²) in [5, 5.41) is 4.87. The molecule has 0 saturated heterocycles. The first-order chi connectivity index (χ1) is 13.8. The fraction of sp³-hybridized carbons (Fsp3) is 0.280. The molecule has 2 aromatic heterocycles. The minimum Gasteiger partial charge on any atom is -0.381 e. The highest BCUT2D eigenvalue weighted by molar-refractivity contribution is 7.20. The zero-order valence-electron chi connectivity index (χ0n) is 15.9. The van der Waals surface area contributed by atoms with E-state index in [4.69, 9.17) is 4.74 Å². The van der Waals surface area contributed by atoms with Gasteiger partial charge in [-0.2, -0.15) is 0 Å². The molecule has 0 bridgehead atoms. The molecule has 0 radical (unpaired) electrons. The van der Waals surface area contributed by atoms with Crippen molar-refractivity contribution in [2.75, 3.05) is 7.11 Å². The average Bonchev–Trinajstić information content (AvgIpc) is 3.39. The summed E-state index contributed by atoms with van der Waals surface area (Å²) in [6, 6.07) is 19.8. The summed E-state index contributed by atoms with van der Waals surface area (Å²) < 4.78 is 8.37. The molecule has 2 heterocycles. The molecule has 3 heteroatoms. The summed E-state index contributed by atoms with van der Waals surface area (Å²) in [5.74, 6) is 8.00. The molecule has 3 atom stereocenters. The number of thiophene rings is 2. The standard InChI is InChI=1S/C25H22OS2/c1-26-19-9-7-18(22(15-19)17-5-3-2-4-6-17)8-10-20-16-23-21-13-14-27-24(21)11-12-25(23)28-20/h2-6,11-14,16,18-19,22H,7,9,15H2,1H3/t18?,19?,22-/m0/s1. The van der Waals surface area contributed by atoms with Gasteiger partial charge in [-0.25, -0.2) is 0 Å². The summed E-state index contributed by atoms with van der Waals surface area (Å²) in [6.07, 6.45) is 3.60. The van der Waals surface area contributed by atoms with Crippen LogP contribution in [0.4, 0.5) is 0 Å². The molecular weight excluding hydrogens is 380 g/mol. The first-order valence-electron chi connectivity index (χ1n) is 9.81. The normalized spacial score (nSPS) is 22.2. The van der Waals surface area contributed by atoms with Crippen molar-refractivity contribution in [2.45, 2.75) is 31.3 Å². The molecule has 2 aromatic carbocycles. The summed E-state index contributed by atoms with van der Waals surface area (Å²) in [6.45, 7) is 0. The van der Waals surface area contributed by atoms with Crippen molar-refractivity contribution in [3.05, 3.63) is 70.4 Å². The Labute approximate surface area is 174 Å². The number of methoxy groups -OCH3 is 1. The number of hydrogen-bond donors (Lipinski definition) is 0. The lowest BCUT2D eigenvalue weighted by atomic mass is 9.74. The van der Waals surface area contributed by atoms with Gasteiger partial charge in [0, 0.05) is 39.1 Å². The Hall–Kier alpha value is -2.12. The van der Waals surface area contributed by atoms with Crippen LogP contribution in [-0.4, -0.2) is 13.2 Å². The van der Waals surface area contributed by atoms with Crippen LogP contribution < -0.4 is 0 Å². The molecule has 1 aliphatic carbocycles. The molecule has 1 nitrogen and oxygen atoms in total. The van der Waals surface area contributed by atoms with E-state index in [0.29, 0.717) is 17.9 Å². The van der Waals surface area contributed by atoms with E-state index in [1.165, 1.54) is 30.6 Å². The largest absolute Gasteiger partial charge is 0.381 e. The van der Waals surface area contributed by atoms with Crippen LogP contribution in [0.2, 0.25) is 0 Å². The van der Waals surface area contributed by atoms with Crippen molar-refractivity contribution in [2.24, 2.45) is 5.92 Å². The summed E-state index contributed by atoms with van der Waals surface area (Å²) in [4.78, 5) is 1.18. The molecular formula is C25H22OS2. The van der Waals surface area contributed by atoms with Gasteiger partial charge in [0.05, 0.1) is 11.0 Å². The summed E-state index contributed by atoms with van der Waals surface area (Å²) in [7, 11) is 1.83. The van der Waals surface area contributed by atoms with Crippen molar-refractivity contribution in [3.63, 3.8) is 0 Å². The Morgan fingerprint density at radius 1 is 0.964 bits per heavy atom. The van der Waals surface area contributed by atoms with Crippen LogP contribution in [0.1, 0.15) is 35.6 Å². The highest BCUT2D eigenvalue weighted by Gasteiger charge is 2.30. The lowest BCUT2D eigenvalue weighted by Gasteiger charge is -2.33. The lowest BCUT2D eigenvalue weighted by molar-refractivity contribution is 0.0547. The van der Waals surface area contributed by atoms with E-state index in [1.807, 2.05) is 18.4 Å². The lowest BCUT2D eigenvalue weighted by Crippen LogP contribution is -2.27. The number of fused-ring (bicyclic) bond motifs is 3. The predicted molar refractivity (Wildman–Crippen MR) is 121 cm³/mol. The molecule has 1 aliphatic rings. The van der Waals surface area contributed by atoms with Crippen LogP contribution in [0.25, 0.3) is 20.2 Å². The van der Waals surface area contributed by atoms with Gasteiger partial charge in [0.25, 0.3) is 0 Å². The smallest absolute Gasteiger partial charge is 0.0781 e. The maximum atomic E-state index is 5.68. The van der Waals surface area contributed by atoms with Crippen molar-refractivity contribution in [3.8, 4) is 11.8 Å². The molecule has 0 amide bonds.